The first-order valence-corrected chi connectivity index (χ1v) is 4.39. The molecule has 5 nitrogen and oxygen atoms in total. The third kappa shape index (κ3) is 2.70. The molecule has 1 rings (SSSR count). The summed E-state index contributed by atoms with van der Waals surface area (Å²) < 4.78 is 5.17. The molecule has 0 radical (unpaired) electrons. The predicted molar refractivity (Wildman–Crippen MR) is 62.3 cm³/mol. The van der Waals surface area contributed by atoms with Gasteiger partial charge in [-0.2, -0.15) is 5.10 Å². The van der Waals surface area contributed by atoms with Crippen LogP contribution in [0.4, 0.5) is 5.69 Å². The average molecular weight is 206 g/mol. The smallest absolute Gasteiger partial charge is 0.146 e. The van der Waals surface area contributed by atoms with Crippen molar-refractivity contribution in [2.75, 3.05) is 12.2 Å². The maximum Gasteiger partial charge on any atom is 0.146 e. The Morgan fingerprint density at radius 3 is 2.67 bits per heavy atom. The van der Waals surface area contributed by atoms with Gasteiger partial charge in [0.1, 0.15) is 17.3 Å². The van der Waals surface area contributed by atoms with Gasteiger partial charge in [0.05, 0.1) is 7.11 Å². The first-order chi connectivity index (χ1) is 7.19. The average Bonchev–Trinajstić information content (AvgIpc) is 2.25. The molecule has 5 heteroatoms. The Morgan fingerprint density at radius 1 is 1.47 bits per heavy atom. The molecule has 0 saturated heterocycles. The second-order valence-electron chi connectivity index (χ2n) is 2.84. The summed E-state index contributed by atoms with van der Waals surface area (Å²) in [5, 5.41) is 9.06. The van der Waals surface area contributed by atoms with Gasteiger partial charge < -0.3 is 10.5 Å². The summed E-state index contributed by atoms with van der Waals surface area (Å²) in [5.74, 6) is 1.06. The standard InChI is InChI=1S/C10H14N4O/c1-8(11)13-14(12-2)9-6-4-5-7-10(9)15-3/h4-7H,2H2,1,3H3,(H2,11,13). The minimum Gasteiger partial charge on any atom is -0.494 e. The second-order valence-corrected chi connectivity index (χ2v) is 2.84. The van der Waals surface area contributed by atoms with Crippen molar-refractivity contribution in [3.8, 4) is 5.75 Å². The molecule has 0 fully saturated rings. The highest BCUT2D eigenvalue weighted by molar-refractivity contribution is 5.79. The number of methoxy groups -OCH3 is 1. The lowest BCUT2D eigenvalue weighted by molar-refractivity contribution is 0.414. The van der Waals surface area contributed by atoms with Crippen LogP contribution in [0.5, 0.6) is 5.75 Å². The molecule has 0 unspecified atom stereocenters. The Balaban J connectivity index is 3.11. The van der Waals surface area contributed by atoms with Gasteiger partial charge in [-0.25, -0.2) is 0 Å². The van der Waals surface area contributed by atoms with Gasteiger partial charge in [0.2, 0.25) is 0 Å². The molecule has 1 aromatic rings. The van der Waals surface area contributed by atoms with Crippen LogP contribution in [-0.2, 0) is 0 Å². The van der Waals surface area contributed by atoms with E-state index in [0.717, 1.165) is 0 Å². The number of nitrogens with zero attached hydrogens (tertiary/aromatic N) is 3. The van der Waals surface area contributed by atoms with Gasteiger partial charge >= 0.3 is 0 Å². The Labute approximate surface area is 88.8 Å². The van der Waals surface area contributed by atoms with Crippen LogP contribution in [0.3, 0.4) is 0 Å². The molecule has 0 aliphatic rings. The Kier molecular flexibility index (Phi) is 3.68. The van der Waals surface area contributed by atoms with E-state index in [2.05, 4.69) is 16.9 Å². The fourth-order valence-corrected chi connectivity index (χ4v) is 1.11. The lowest BCUT2D eigenvalue weighted by Crippen LogP contribution is -2.16. The number of amidine groups is 1. The zero-order valence-electron chi connectivity index (χ0n) is 8.84. The molecule has 0 bridgehead atoms. The number of para-hydroxylation sites is 2. The third-order valence-electron chi connectivity index (χ3n) is 1.69. The maximum absolute atomic E-state index is 5.48. The maximum atomic E-state index is 5.48. The van der Waals surface area contributed by atoms with E-state index in [-0.39, 0.29) is 0 Å². The first-order valence-electron chi connectivity index (χ1n) is 4.39. The summed E-state index contributed by atoms with van der Waals surface area (Å²) in [4.78, 5) is 0. The molecular formula is C10H14N4O. The van der Waals surface area contributed by atoms with Crippen LogP contribution in [0, 0.1) is 0 Å². The normalized spacial score (nSPS) is 10.9. The number of hydrazone groups is 2. The van der Waals surface area contributed by atoms with E-state index in [1.165, 1.54) is 5.12 Å². The van der Waals surface area contributed by atoms with Crippen molar-refractivity contribution in [3.63, 3.8) is 0 Å². The van der Waals surface area contributed by atoms with Gasteiger partial charge in [0.25, 0.3) is 0 Å². The number of anilines is 1. The molecule has 0 aliphatic heterocycles. The van der Waals surface area contributed by atoms with E-state index in [1.807, 2.05) is 24.3 Å². The summed E-state index contributed by atoms with van der Waals surface area (Å²) >= 11 is 0. The van der Waals surface area contributed by atoms with E-state index >= 15 is 0 Å². The third-order valence-corrected chi connectivity index (χ3v) is 1.69. The van der Waals surface area contributed by atoms with E-state index in [4.69, 9.17) is 10.5 Å². The van der Waals surface area contributed by atoms with Crippen LogP contribution in [0.1, 0.15) is 6.92 Å². The molecule has 80 valence electrons. The number of benzene rings is 1. The first kappa shape index (κ1) is 11.0. The van der Waals surface area contributed by atoms with Crippen molar-refractivity contribution in [1.29, 1.82) is 0 Å². The highest BCUT2D eigenvalue weighted by Gasteiger charge is 2.08. The number of rotatable bonds is 4. The van der Waals surface area contributed by atoms with E-state index in [0.29, 0.717) is 17.3 Å². The van der Waals surface area contributed by atoms with Gasteiger partial charge in [-0.3, -0.25) is 0 Å². The van der Waals surface area contributed by atoms with Crippen molar-refractivity contribution < 1.29 is 4.74 Å². The molecule has 0 aliphatic carbocycles. The molecule has 0 heterocycles. The fraction of sp³-hybridized carbons (Fsp3) is 0.200. The molecule has 0 atom stereocenters. The van der Waals surface area contributed by atoms with Crippen LogP contribution in [0.2, 0.25) is 0 Å². The monoisotopic (exact) mass is 206 g/mol. The van der Waals surface area contributed by atoms with Crippen molar-refractivity contribution >= 4 is 18.2 Å². The Morgan fingerprint density at radius 2 is 2.13 bits per heavy atom. The predicted octanol–water partition coefficient (Wildman–Crippen LogP) is 1.41. The summed E-state index contributed by atoms with van der Waals surface area (Å²) in [6.07, 6.45) is 0. The van der Waals surface area contributed by atoms with E-state index < -0.39 is 0 Å². The summed E-state index contributed by atoms with van der Waals surface area (Å²) in [6.45, 7) is 5.10. The van der Waals surface area contributed by atoms with Crippen LogP contribution >= 0.6 is 0 Å². The quantitative estimate of drug-likeness (QED) is 0.460. The largest absolute Gasteiger partial charge is 0.494 e. The lowest BCUT2D eigenvalue weighted by Gasteiger charge is -2.15. The van der Waals surface area contributed by atoms with Gasteiger partial charge in [0.15, 0.2) is 0 Å². The number of ether oxygens (including phenoxy) is 1. The lowest BCUT2D eigenvalue weighted by atomic mass is 10.3. The molecule has 0 aromatic heterocycles. The zero-order chi connectivity index (χ0) is 11.3. The fourth-order valence-electron chi connectivity index (χ4n) is 1.11. The molecular weight excluding hydrogens is 192 g/mol. The van der Waals surface area contributed by atoms with Gasteiger partial charge in [0, 0.05) is 6.72 Å². The molecule has 2 N–H and O–H groups in total. The van der Waals surface area contributed by atoms with E-state index in [9.17, 15) is 0 Å². The van der Waals surface area contributed by atoms with Crippen LogP contribution in [0.25, 0.3) is 0 Å². The Bertz CT molecular complexity index is 371. The van der Waals surface area contributed by atoms with Crippen LogP contribution in [-0.4, -0.2) is 19.7 Å². The van der Waals surface area contributed by atoms with E-state index in [1.54, 1.807) is 14.0 Å². The zero-order valence-corrected chi connectivity index (χ0v) is 8.84. The molecule has 15 heavy (non-hydrogen) atoms. The van der Waals surface area contributed by atoms with Crippen molar-refractivity contribution in [1.82, 2.24) is 0 Å². The number of hydrogen-bond donors (Lipinski definition) is 1. The Hall–Kier alpha value is -2.04. The second kappa shape index (κ2) is 4.99. The van der Waals surface area contributed by atoms with Crippen molar-refractivity contribution in [2.24, 2.45) is 15.9 Å². The van der Waals surface area contributed by atoms with Crippen molar-refractivity contribution in [3.05, 3.63) is 24.3 Å². The topological polar surface area (TPSA) is 63.2 Å². The molecule has 0 spiro atoms. The van der Waals surface area contributed by atoms with Gasteiger partial charge in [-0.05, 0) is 19.1 Å². The SMILES string of the molecule is C=NN(/N=C(/C)N)c1ccccc1OC. The molecule has 0 amide bonds. The molecule has 1 aromatic carbocycles. The summed E-state index contributed by atoms with van der Waals surface area (Å²) in [7, 11) is 1.58. The summed E-state index contributed by atoms with van der Waals surface area (Å²) in [5.41, 5.74) is 6.17. The highest BCUT2D eigenvalue weighted by atomic mass is 16.5. The van der Waals surface area contributed by atoms with Gasteiger partial charge in [-0.15, -0.1) is 10.2 Å². The highest BCUT2D eigenvalue weighted by Crippen LogP contribution is 2.27. The number of hydrogen-bond acceptors (Lipinski definition) is 4. The van der Waals surface area contributed by atoms with Crippen LogP contribution in [0.15, 0.2) is 34.5 Å². The van der Waals surface area contributed by atoms with Crippen LogP contribution < -0.4 is 15.6 Å². The minimum absolute atomic E-state index is 0.397. The molecule has 0 saturated carbocycles. The number of nitrogens with two attached hydrogens (primary N) is 1. The van der Waals surface area contributed by atoms with Gasteiger partial charge in [-0.1, -0.05) is 12.1 Å². The summed E-state index contributed by atoms with van der Waals surface area (Å²) in [6, 6.07) is 7.36. The van der Waals surface area contributed by atoms with Crippen molar-refractivity contribution in [2.45, 2.75) is 6.92 Å². The minimum atomic E-state index is 0.397.